The van der Waals surface area contributed by atoms with Gasteiger partial charge in [0.15, 0.2) is 0 Å². The van der Waals surface area contributed by atoms with E-state index in [-0.39, 0.29) is 12.0 Å². The van der Waals surface area contributed by atoms with Gasteiger partial charge in [0.25, 0.3) is 0 Å². The molecule has 1 N–H and O–H groups in total. The molecule has 5 rings (SSSR count). The molecule has 150 valence electrons. The van der Waals surface area contributed by atoms with Crippen LogP contribution in [0.2, 0.25) is 0 Å². The zero-order chi connectivity index (χ0) is 19.7. The van der Waals surface area contributed by atoms with E-state index in [0.29, 0.717) is 0 Å². The van der Waals surface area contributed by atoms with Gasteiger partial charge in [-0.3, -0.25) is 0 Å². The summed E-state index contributed by atoms with van der Waals surface area (Å²) in [5.74, 6) is 0. The number of fused-ring (bicyclic) bond motifs is 3. The first-order chi connectivity index (χ1) is 14.3. The van der Waals surface area contributed by atoms with Crippen LogP contribution in [0, 0.1) is 0 Å². The number of hydrogen-bond acceptors (Lipinski definition) is 3. The molecule has 2 aliphatic heterocycles. The smallest absolute Gasteiger partial charge is 0.0606 e. The summed E-state index contributed by atoms with van der Waals surface area (Å²) in [7, 11) is 0. The molecule has 1 spiro atoms. The number of aliphatic hydroxyl groups excluding tert-OH is 1. The number of aliphatic hydroxyl groups is 1. The van der Waals surface area contributed by atoms with Crippen molar-refractivity contribution in [1.82, 2.24) is 4.90 Å². The van der Waals surface area contributed by atoms with E-state index in [4.69, 9.17) is 0 Å². The number of anilines is 1. The highest BCUT2D eigenvalue weighted by Crippen LogP contribution is 2.46. The molecule has 29 heavy (non-hydrogen) atoms. The van der Waals surface area contributed by atoms with Gasteiger partial charge in [-0.2, -0.15) is 0 Å². The van der Waals surface area contributed by atoms with Gasteiger partial charge in [0, 0.05) is 30.7 Å². The van der Waals surface area contributed by atoms with Crippen LogP contribution in [0.1, 0.15) is 24.0 Å². The van der Waals surface area contributed by atoms with Crippen LogP contribution in [-0.2, 0) is 11.8 Å². The van der Waals surface area contributed by atoms with E-state index < -0.39 is 0 Å². The summed E-state index contributed by atoms with van der Waals surface area (Å²) in [5, 5.41) is 12.2. The average Bonchev–Trinajstić information content (AvgIpc) is 3.07. The zero-order valence-corrected chi connectivity index (χ0v) is 17.1. The minimum absolute atomic E-state index is 0.224. The summed E-state index contributed by atoms with van der Waals surface area (Å²) in [6.45, 7) is 5.47. The van der Waals surface area contributed by atoms with Gasteiger partial charge >= 0.3 is 0 Å². The summed E-state index contributed by atoms with van der Waals surface area (Å²) >= 11 is 0. The van der Waals surface area contributed by atoms with Gasteiger partial charge in [-0.1, -0.05) is 60.7 Å². The first-order valence-electron chi connectivity index (χ1n) is 10.9. The second-order valence-electron chi connectivity index (χ2n) is 8.67. The highest BCUT2D eigenvalue weighted by Gasteiger charge is 2.44. The number of hydrogen-bond donors (Lipinski definition) is 1. The lowest BCUT2D eigenvalue weighted by atomic mass is 9.74. The first-order valence-corrected chi connectivity index (χ1v) is 10.9. The number of piperidine rings is 1. The molecule has 0 aliphatic carbocycles. The second kappa shape index (κ2) is 7.81. The molecule has 0 bridgehead atoms. The van der Waals surface area contributed by atoms with Gasteiger partial charge < -0.3 is 14.9 Å². The molecule has 3 aromatic rings. The summed E-state index contributed by atoms with van der Waals surface area (Å²) in [6, 6.07) is 24.3. The van der Waals surface area contributed by atoms with Gasteiger partial charge in [-0.05, 0) is 60.3 Å². The molecular weight excluding hydrogens is 356 g/mol. The molecule has 0 unspecified atom stereocenters. The van der Waals surface area contributed by atoms with E-state index in [9.17, 15) is 5.11 Å². The predicted molar refractivity (Wildman–Crippen MR) is 121 cm³/mol. The topological polar surface area (TPSA) is 26.7 Å². The van der Waals surface area contributed by atoms with Crippen molar-refractivity contribution in [3.8, 4) is 0 Å². The predicted octanol–water partition coefficient (Wildman–Crippen LogP) is 4.23. The van der Waals surface area contributed by atoms with Crippen LogP contribution >= 0.6 is 0 Å². The molecule has 2 heterocycles. The summed E-state index contributed by atoms with van der Waals surface area (Å²) < 4.78 is 0. The van der Waals surface area contributed by atoms with Crippen molar-refractivity contribution in [2.24, 2.45) is 0 Å². The Labute approximate surface area is 173 Å². The third kappa shape index (κ3) is 3.43. The fourth-order valence-corrected chi connectivity index (χ4v) is 5.47. The van der Waals surface area contributed by atoms with E-state index in [1.165, 1.54) is 40.4 Å². The average molecular weight is 387 g/mol. The molecular formula is C26H30N2O. The molecule has 0 radical (unpaired) electrons. The van der Waals surface area contributed by atoms with Crippen LogP contribution in [0.3, 0.4) is 0 Å². The van der Waals surface area contributed by atoms with E-state index in [0.717, 1.165) is 39.1 Å². The van der Waals surface area contributed by atoms with Crippen LogP contribution in [0.25, 0.3) is 10.8 Å². The summed E-state index contributed by atoms with van der Waals surface area (Å²) in [5.41, 5.74) is 4.57. The SMILES string of the molecule is OCCN1CC2(CCN(CCc3cccc4ccccc34)CC2)c2ccccc21. The normalized spacial score (nSPS) is 18.4. The highest BCUT2D eigenvalue weighted by molar-refractivity contribution is 5.85. The van der Waals surface area contributed by atoms with Gasteiger partial charge in [0.1, 0.15) is 0 Å². The molecule has 3 heteroatoms. The Kier molecular flexibility index (Phi) is 5.03. The van der Waals surface area contributed by atoms with Crippen LogP contribution < -0.4 is 4.90 Å². The Hall–Kier alpha value is -2.36. The van der Waals surface area contributed by atoms with Crippen molar-refractivity contribution in [3.63, 3.8) is 0 Å². The van der Waals surface area contributed by atoms with Crippen LogP contribution in [0.4, 0.5) is 5.69 Å². The van der Waals surface area contributed by atoms with Gasteiger partial charge in [0.05, 0.1) is 6.61 Å². The Morgan fingerprint density at radius 1 is 0.828 bits per heavy atom. The van der Waals surface area contributed by atoms with Crippen LogP contribution in [0.15, 0.2) is 66.7 Å². The van der Waals surface area contributed by atoms with Crippen molar-refractivity contribution < 1.29 is 5.11 Å². The van der Waals surface area contributed by atoms with Crippen LogP contribution in [-0.4, -0.2) is 49.3 Å². The molecule has 1 saturated heterocycles. The van der Waals surface area contributed by atoms with E-state index in [2.05, 4.69) is 76.5 Å². The van der Waals surface area contributed by atoms with Gasteiger partial charge in [-0.15, -0.1) is 0 Å². The van der Waals surface area contributed by atoms with Crippen molar-refractivity contribution in [2.45, 2.75) is 24.7 Å². The van der Waals surface area contributed by atoms with Crippen molar-refractivity contribution in [2.75, 3.05) is 44.2 Å². The van der Waals surface area contributed by atoms with Gasteiger partial charge in [0.2, 0.25) is 0 Å². The van der Waals surface area contributed by atoms with E-state index in [1.807, 2.05) is 0 Å². The van der Waals surface area contributed by atoms with Crippen LogP contribution in [0.5, 0.6) is 0 Å². The molecule has 3 nitrogen and oxygen atoms in total. The van der Waals surface area contributed by atoms with Crippen molar-refractivity contribution in [1.29, 1.82) is 0 Å². The Morgan fingerprint density at radius 3 is 2.45 bits per heavy atom. The number of para-hydroxylation sites is 1. The minimum Gasteiger partial charge on any atom is -0.395 e. The van der Waals surface area contributed by atoms with Gasteiger partial charge in [-0.25, -0.2) is 0 Å². The van der Waals surface area contributed by atoms with Crippen molar-refractivity contribution >= 4 is 16.5 Å². The maximum atomic E-state index is 9.48. The van der Waals surface area contributed by atoms with E-state index in [1.54, 1.807) is 0 Å². The Balaban J connectivity index is 1.26. The molecule has 0 atom stereocenters. The second-order valence-corrected chi connectivity index (χ2v) is 8.67. The molecule has 0 saturated carbocycles. The molecule has 1 fully saturated rings. The Bertz CT molecular complexity index is 985. The first kappa shape index (κ1) is 18.7. The highest BCUT2D eigenvalue weighted by atomic mass is 16.3. The number of β-amino-alcohol motifs (C(OH)–C–C–N with tert-alkyl or cyclic N) is 1. The lowest BCUT2D eigenvalue weighted by Gasteiger charge is -2.40. The molecule has 0 amide bonds. The number of benzene rings is 3. The number of rotatable bonds is 5. The number of nitrogens with zero attached hydrogens (tertiary/aromatic N) is 2. The quantitative estimate of drug-likeness (QED) is 0.711. The maximum Gasteiger partial charge on any atom is 0.0606 e. The maximum absolute atomic E-state index is 9.48. The van der Waals surface area contributed by atoms with E-state index >= 15 is 0 Å². The lowest BCUT2D eigenvalue weighted by Crippen LogP contribution is -2.46. The lowest BCUT2D eigenvalue weighted by molar-refractivity contribution is 0.167. The zero-order valence-electron chi connectivity index (χ0n) is 17.1. The summed E-state index contributed by atoms with van der Waals surface area (Å²) in [4.78, 5) is 5.03. The number of likely N-dealkylation sites (tertiary alicyclic amines) is 1. The minimum atomic E-state index is 0.224. The largest absolute Gasteiger partial charge is 0.395 e. The third-order valence-electron chi connectivity index (χ3n) is 7.07. The van der Waals surface area contributed by atoms with Crippen molar-refractivity contribution in [3.05, 3.63) is 77.9 Å². The Morgan fingerprint density at radius 2 is 1.59 bits per heavy atom. The fourth-order valence-electron chi connectivity index (χ4n) is 5.47. The summed E-state index contributed by atoms with van der Waals surface area (Å²) in [6.07, 6.45) is 3.53. The third-order valence-corrected chi connectivity index (χ3v) is 7.07. The molecule has 2 aliphatic rings. The fraction of sp³-hybridized carbons (Fsp3) is 0.385. The monoisotopic (exact) mass is 386 g/mol. The molecule has 0 aromatic heterocycles. The standard InChI is InChI=1S/C26H30N2O/c29-19-18-28-20-26(24-10-3-4-11-25(24)28)13-16-27(17-14-26)15-12-22-8-5-7-21-6-1-2-9-23(21)22/h1-11,29H,12-20H2. The molecule has 3 aromatic carbocycles.